The smallest absolute Gasteiger partial charge is 0.403 e. The quantitative estimate of drug-likeness (QED) is 0.534. The summed E-state index contributed by atoms with van der Waals surface area (Å²) in [5.41, 5.74) is 0.375. The Labute approximate surface area is 142 Å². The number of hydrogen-bond acceptors (Lipinski definition) is 5. The highest BCUT2D eigenvalue weighted by molar-refractivity contribution is 6.61. The predicted molar refractivity (Wildman–Crippen MR) is 89.2 cm³/mol. The third kappa shape index (κ3) is 6.37. The molecule has 1 aliphatic heterocycles. The summed E-state index contributed by atoms with van der Waals surface area (Å²) in [4.78, 5) is 12.8. The fourth-order valence-electron chi connectivity index (χ4n) is 2.48. The van der Waals surface area contributed by atoms with Gasteiger partial charge in [-0.15, -0.1) is 0 Å². The van der Waals surface area contributed by atoms with E-state index in [-0.39, 0.29) is 6.10 Å². The first-order chi connectivity index (χ1) is 11.2. The summed E-state index contributed by atoms with van der Waals surface area (Å²) in [5.74, 6) is 0.892. The number of carbonyl (C=O) groups excluding carboxylic acids is 1. The van der Waals surface area contributed by atoms with Gasteiger partial charge in [-0.3, -0.25) is 4.90 Å². The Kier molecular flexibility index (Phi) is 7.65. The van der Waals surface area contributed by atoms with Crippen LogP contribution in [0.4, 0.5) is 4.79 Å². The van der Waals surface area contributed by atoms with Crippen LogP contribution in [0, 0.1) is 0 Å². The standard InChI is InChI=1S/C17H24ClNO4/c1-2-3-10-21-15-6-4-14(5-7-15)16-13-19(8-11-22-16)9-12-23-17(18)20/h4-7,16H,2-3,8-13H2,1H3. The van der Waals surface area contributed by atoms with Crippen LogP contribution in [0.15, 0.2) is 24.3 Å². The van der Waals surface area contributed by atoms with Gasteiger partial charge in [0, 0.05) is 31.2 Å². The van der Waals surface area contributed by atoms with E-state index in [1.54, 1.807) is 0 Å². The van der Waals surface area contributed by atoms with Crippen molar-refractivity contribution >= 4 is 17.0 Å². The number of rotatable bonds is 8. The third-order valence-corrected chi connectivity index (χ3v) is 3.90. The molecule has 1 unspecified atom stereocenters. The zero-order valence-corrected chi connectivity index (χ0v) is 14.3. The topological polar surface area (TPSA) is 48.0 Å². The first-order valence-corrected chi connectivity index (χ1v) is 8.46. The van der Waals surface area contributed by atoms with E-state index in [1.165, 1.54) is 0 Å². The molecule has 23 heavy (non-hydrogen) atoms. The van der Waals surface area contributed by atoms with E-state index in [1.807, 2.05) is 24.3 Å². The molecule has 128 valence electrons. The minimum absolute atomic E-state index is 0.0279. The maximum absolute atomic E-state index is 10.6. The SMILES string of the molecule is CCCCOc1ccc(C2CN(CCOC(=O)Cl)CCO2)cc1. The summed E-state index contributed by atoms with van der Waals surface area (Å²) in [7, 11) is 0. The van der Waals surface area contributed by atoms with Crippen molar-refractivity contribution in [2.75, 3.05) is 39.5 Å². The predicted octanol–water partition coefficient (Wildman–Crippen LogP) is 3.61. The van der Waals surface area contributed by atoms with Crippen LogP contribution in [0.5, 0.6) is 5.75 Å². The minimum atomic E-state index is -0.756. The number of morpholine rings is 1. The molecule has 1 heterocycles. The van der Waals surface area contributed by atoms with Gasteiger partial charge in [-0.1, -0.05) is 25.5 Å². The molecule has 0 spiro atoms. The fraction of sp³-hybridized carbons (Fsp3) is 0.588. The molecule has 0 bridgehead atoms. The number of hydrogen-bond donors (Lipinski definition) is 0. The zero-order chi connectivity index (χ0) is 16.5. The maximum Gasteiger partial charge on any atom is 0.403 e. The molecule has 6 heteroatoms. The number of halogens is 1. The van der Waals surface area contributed by atoms with Crippen LogP contribution >= 0.6 is 11.6 Å². The highest BCUT2D eigenvalue weighted by Gasteiger charge is 2.22. The van der Waals surface area contributed by atoms with Crippen molar-refractivity contribution in [2.24, 2.45) is 0 Å². The first kappa shape index (κ1) is 18.0. The molecule has 0 N–H and O–H groups in total. The van der Waals surface area contributed by atoms with E-state index in [0.29, 0.717) is 19.8 Å². The van der Waals surface area contributed by atoms with Crippen LogP contribution in [0.2, 0.25) is 0 Å². The Hall–Kier alpha value is -1.30. The van der Waals surface area contributed by atoms with Crippen molar-refractivity contribution in [2.45, 2.75) is 25.9 Å². The van der Waals surface area contributed by atoms with Gasteiger partial charge in [0.1, 0.15) is 12.4 Å². The van der Waals surface area contributed by atoms with Gasteiger partial charge in [0.2, 0.25) is 0 Å². The summed E-state index contributed by atoms with van der Waals surface area (Å²) in [5, 5.41) is 0. The van der Waals surface area contributed by atoms with E-state index in [4.69, 9.17) is 25.8 Å². The summed E-state index contributed by atoms with van der Waals surface area (Å²) >= 11 is 5.16. The van der Waals surface area contributed by atoms with Crippen LogP contribution in [0.3, 0.4) is 0 Å². The lowest BCUT2D eigenvalue weighted by Crippen LogP contribution is -2.40. The van der Waals surface area contributed by atoms with Crippen LogP contribution in [0.1, 0.15) is 31.4 Å². The molecule has 1 atom stereocenters. The lowest BCUT2D eigenvalue weighted by Gasteiger charge is -2.32. The number of nitrogens with zero attached hydrogens (tertiary/aromatic N) is 1. The number of unbranched alkanes of at least 4 members (excludes halogenated alkanes) is 1. The molecule has 2 rings (SSSR count). The number of carbonyl (C=O) groups is 1. The lowest BCUT2D eigenvalue weighted by molar-refractivity contribution is -0.0339. The summed E-state index contributed by atoms with van der Waals surface area (Å²) in [6.45, 7) is 6.13. The highest BCUT2D eigenvalue weighted by Crippen LogP contribution is 2.24. The van der Waals surface area contributed by atoms with E-state index in [0.717, 1.165) is 43.9 Å². The third-order valence-electron chi connectivity index (χ3n) is 3.79. The minimum Gasteiger partial charge on any atom is -0.494 e. The average Bonchev–Trinajstić information content (AvgIpc) is 2.56. The van der Waals surface area contributed by atoms with Crippen molar-refractivity contribution in [3.05, 3.63) is 29.8 Å². The second-order valence-corrected chi connectivity index (χ2v) is 5.83. The van der Waals surface area contributed by atoms with Crippen molar-refractivity contribution in [3.8, 4) is 5.75 Å². The molecular weight excluding hydrogens is 318 g/mol. The molecule has 0 aromatic heterocycles. The van der Waals surface area contributed by atoms with E-state index >= 15 is 0 Å². The average molecular weight is 342 g/mol. The molecule has 0 saturated carbocycles. The van der Waals surface area contributed by atoms with Gasteiger partial charge in [0.15, 0.2) is 0 Å². The second kappa shape index (κ2) is 9.75. The largest absolute Gasteiger partial charge is 0.494 e. The van der Waals surface area contributed by atoms with Crippen molar-refractivity contribution < 1.29 is 19.0 Å². The molecule has 1 aromatic rings. The van der Waals surface area contributed by atoms with Gasteiger partial charge in [-0.25, -0.2) is 4.79 Å². The van der Waals surface area contributed by atoms with Gasteiger partial charge in [-0.2, -0.15) is 0 Å². The maximum atomic E-state index is 10.6. The molecule has 0 radical (unpaired) electrons. The second-order valence-electron chi connectivity index (χ2n) is 5.52. The molecular formula is C17H24ClNO4. The molecule has 1 fully saturated rings. The van der Waals surface area contributed by atoms with Crippen molar-refractivity contribution in [1.82, 2.24) is 4.90 Å². The van der Waals surface area contributed by atoms with Gasteiger partial charge in [0.25, 0.3) is 0 Å². The van der Waals surface area contributed by atoms with E-state index in [9.17, 15) is 4.79 Å². The Bertz CT molecular complexity index is 480. The molecule has 0 amide bonds. The van der Waals surface area contributed by atoms with E-state index < -0.39 is 5.43 Å². The Morgan fingerprint density at radius 2 is 2.13 bits per heavy atom. The molecule has 0 aliphatic carbocycles. The summed E-state index contributed by atoms with van der Waals surface area (Å²) in [6.07, 6.45) is 2.22. The molecule has 1 aromatic carbocycles. The monoisotopic (exact) mass is 341 g/mol. The van der Waals surface area contributed by atoms with Gasteiger partial charge >= 0.3 is 5.43 Å². The normalized spacial score (nSPS) is 18.6. The lowest BCUT2D eigenvalue weighted by atomic mass is 10.1. The first-order valence-electron chi connectivity index (χ1n) is 8.08. The Morgan fingerprint density at radius 3 is 2.83 bits per heavy atom. The van der Waals surface area contributed by atoms with Gasteiger partial charge < -0.3 is 14.2 Å². The number of ether oxygens (including phenoxy) is 3. The summed E-state index contributed by atoms with van der Waals surface area (Å²) in [6, 6.07) is 8.08. The Morgan fingerprint density at radius 1 is 1.35 bits per heavy atom. The van der Waals surface area contributed by atoms with Crippen molar-refractivity contribution in [3.63, 3.8) is 0 Å². The van der Waals surface area contributed by atoms with Crippen LogP contribution in [-0.4, -0.2) is 49.8 Å². The fourth-order valence-corrected chi connectivity index (χ4v) is 2.55. The van der Waals surface area contributed by atoms with E-state index in [2.05, 4.69) is 11.8 Å². The molecule has 1 aliphatic rings. The number of benzene rings is 1. The molecule has 1 saturated heterocycles. The van der Waals surface area contributed by atoms with Crippen molar-refractivity contribution in [1.29, 1.82) is 0 Å². The van der Waals surface area contributed by atoms with Gasteiger partial charge in [0.05, 0.1) is 19.3 Å². The van der Waals surface area contributed by atoms with Crippen LogP contribution < -0.4 is 4.74 Å². The molecule has 5 nitrogen and oxygen atoms in total. The van der Waals surface area contributed by atoms with Crippen LogP contribution in [0.25, 0.3) is 0 Å². The van der Waals surface area contributed by atoms with Crippen LogP contribution in [-0.2, 0) is 9.47 Å². The summed E-state index contributed by atoms with van der Waals surface area (Å²) < 4.78 is 16.3. The Balaban J connectivity index is 1.82. The zero-order valence-electron chi connectivity index (χ0n) is 13.5. The van der Waals surface area contributed by atoms with Gasteiger partial charge in [-0.05, 0) is 24.1 Å². The highest BCUT2D eigenvalue weighted by atomic mass is 35.5.